The molecule has 9 heteroatoms. The number of halogens is 2. The molecule has 0 aromatic heterocycles. The minimum Gasteiger partial charge on any atom is -0.493 e. The second kappa shape index (κ2) is 10.1. The van der Waals surface area contributed by atoms with Gasteiger partial charge >= 0.3 is 0 Å². The predicted octanol–water partition coefficient (Wildman–Crippen LogP) is 4.50. The molecule has 160 valence electrons. The normalized spacial score (nSPS) is 15.1. The van der Waals surface area contributed by atoms with Crippen LogP contribution in [-0.4, -0.2) is 35.5 Å². The fraction of sp³-hybridized carbons (Fsp3) is 0.136. The smallest absolute Gasteiger partial charge is 0.265 e. The number of rotatable bonds is 7. The van der Waals surface area contributed by atoms with Crippen LogP contribution in [0, 0.1) is 0 Å². The number of ether oxygens (including phenoxy) is 2. The molecule has 1 saturated heterocycles. The first-order valence-electron chi connectivity index (χ1n) is 9.08. The Balaban J connectivity index is 1.88. The van der Waals surface area contributed by atoms with Gasteiger partial charge in [0.1, 0.15) is 12.2 Å². The fourth-order valence-corrected chi connectivity index (χ4v) is 3.64. The van der Waals surface area contributed by atoms with Crippen molar-refractivity contribution in [2.75, 3.05) is 13.7 Å². The van der Waals surface area contributed by atoms with E-state index in [4.69, 9.17) is 33.3 Å². The number of amides is 2. The molecule has 0 atom stereocenters. The van der Waals surface area contributed by atoms with Crippen LogP contribution in [0.3, 0.4) is 0 Å². The molecule has 2 amide bonds. The summed E-state index contributed by atoms with van der Waals surface area (Å²) in [5.41, 5.74) is 1.38. The third-order valence-electron chi connectivity index (χ3n) is 4.36. The highest BCUT2D eigenvalue weighted by atomic mass is 79.9. The number of hydrogen-bond donors (Lipinski definition) is 1. The molecule has 0 spiro atoms. The van der Waals surface area contributed by atoms with E-state index in [9.17, 15) is 9.59 Å². The number of thiocarbonyl (C=S) groups is 1. The highest BCUT2D eigenvalue weighted by Gasteiger charge is 2.32. The Labute approximate surface area is 198 Å². The second-order valence-corrected chi connectivity index (χ2v) is 8.18. The Bertz CT molecular complexity index is 1090. The van der Waals surface area contributed by atoms with E-state index in [-0.39, 0.29) is 22.3 Å². The predicted molar refractivity (Wildman–Crippen MR) is 127 cm³/mol. The Kier molecular flexibility index (Phi) is 7.48. The standard InChI is InChI=1S/C22H18BrClN2O4S/c1-3-8-26-21(28)16(20(27)25-22(26)31)9-14-10-17(24)19(18(11-14)29-2)30-12-13-4-6-15(23)7-5-13/h3-7,9-11H,1,8,12H2,2H3,(H,25,27,31)/b16-9+. The van der Waals surface area contributed by atoms with Crippen molar-refractivity contribution in [1.82, 2.24) is 10.2 Å². The minimum atomic E-state index is -0.582. The molecule has 3 rings (SSSR count). The number of nitrogens with one attached hydrogen (secondary N) is 1. The zero-order chi connectivity index (χ0) is 22.5. The van der Waals surface area contributed by atoms with Gasteiger partial charge in [0.2, 0.25) is 0 Å². The van der Waals surface area contributed by atoms with Gasteiger partial charge in [0.05, 0.1) is 12.1 Å². The van der Waals surface area contributed by atoms with Gasteiger partial charge in [-0.1, -0.05) is 45.7 Å². The summed E-state index contributed by atoms with van der Waals surface area (Å²) in [5.74, 6) is -0.359. The molecule has 1 fully saturated rings. The quantitative estimate of drug-likeness (QED) is 0.251. The lowest BCUT2D eigenvalue weighted by molar-refractivity contribution is -0.128. The van der Waals surface area contributed by atoms with Gasteiger partial charge in [-0.25, -0.2) is 0 Å². The summed E-state index contributed by atoms with van der Waals surface area (Å²) in [7, 11) is 1.48. The summed E-state index contributed by atoms with van der Waals surface area (Å²) in [5, 5.41) is 2.83. The zero-order valence-electron chi connectivity index (χ0n) is 16.5. The Hall–Kier alpha value is -2.68. The number of nitrogens with zero attached hydrogens (tertiary/aromatic N) is 1. The monoisotopic (exact) mass is 520 g/mol. The van der Waals surface area contributed by atoms with Crippen LogP contribution in [0.25, 0.3) is 6.08 Å². The lowest BCUT2D eigenvalue weighted by Gasteiger charge is -2.27. The molecule has 1 N–H and O–H groups in total. The van der Waals surface area contributed by atoms with Crippen molar-refractivity contribution in [2.45, 2.75) is 6.61 Å². The van der Waals surface area contributed by atoms with Crippen LogP contribution in [0.5, 0.6) is 11.5 Å². The molecule has 1 aliphatic rings. The molecule has 2 aromatic rings. The van der Waals surface area contributed by atoms with E-state index >= 15 is 0 Å². The van der Waals surface area contributed by atoms with Crippen LogP contribution in [0.4, 0.5) is 0 Å². The maximum atomic E-state index is 12.7. The average molecular weight is 522 g/mol. The number of hydrogen-bond acceptors (Lipinski definition) is 5. The molecule has 0 radical (unpaired) electrons. The molecule has 31 heavy (non-hydrogen) atoms. The van der Waals surface area contributed by atoms with E-state index in [0.29, 0.717) is 23.7 Å². The third kappa shape index (κ3) is 5.33. The van der Waals surface area contributed by atoms with E-state index in [1.54, 1.807) is 12.1 Å². The minimum absolute atomic E-state index is 0.0411. The molecule has 0 aliphatic carbocycles. The van der Waals surface area contributed by atoms with Gasteiger partial charge in [0, 0.05) is 11.0 Å². The summed E-state index contributed by atoms with van der Waals surface area (Å²) in [6.07, 6.45) is 2.96. The summed E-state index contributed by atoms with van der Waals surface area (Å²) in [6.45, 7) is 4.08. The lowest BCUT2D eigenvalue weighted by Crippen LogP contribution is -2.53. The van der Waals surface area contributed by atoms with Crippen molar-refractivity contribution in [3.8, 4) is 11.5 Å². The number of methoxy groups -OCH3 is 1. The number of benzene rings is 2. The Morgan fingerprint density at radius 3 is 2.61 bits per heavy atom. The topological polar surface area (TPSA) is 67.9 Å². The largest absolute Gasteiger partial charge is 0.493 e. The van der Waals surface area contributed by atoms with Crippen LogP contribution in [-0.2, 0) is 16.2 Å². The molecular weight excluding hydrogens is 504 g/mol. The van der Waals surface area contributed by atoms with Crippen molar-refractivity contribution >= 4 is 62.8 Å². The van der Waals surface area contributed by atoms with Crippen molar-refractivity contribution in [3.63, 3.8) is 0 Å². The third-order valence-corrected chi connectivity index (χ3v) is 5.49. The summed E-state index contributed by atoms with van der Waals surface area (Å²) >= 11 is 14.9. The molecular formula is C22H18BrClN2O4S. The van der Waals surface area contributed by atoms with Crippen LogP contribution in [0.1, 0.15) is 11.1 Å². The van der Waals surface area contributed by atoms with E-state index in [1.165, 1.54) is 24.2 Å². The number of carbonyl (C=O) groups excluding carboxylic acids is 2. The maximum Gasteiger partial charge on any atom is 0.265 e. The first kappa shape index (κ1) is 23.0. The maximum absolute atomic E-state index is 12.7. The molecule has 0 saturated carbocycles. The van der Waals surface area contributed by atoms with Crippen molar-refractivity contribution in [3.05, 3.63) is 75.2 Å². The first-order chi connectivity index (χ1) is 14.8. The van der Waals surface area contributed by atoms with Gasteiger partial charge in [-0.15, -0.1) is 6.58 Å². The Morgan fingerprint density at radius 1 is 1.26 bits per heavy atom. The zero-order valence-corrected chi connectivity index (χ0v) is 19.6. The summed E-state index contributed by atoms with van der Waals surface area (Å²) in [4.78, 5) is 26.3. The second-order valence-electron chi connectivity index (χ2n) is 6.47. The van der Waals surface area contributed by atoms with E-state index < -0.39 is 11.8 Å². The summed E-state index contributed by atoms with van der Waals surface area (Å²) in [6, 6.07) is 10.9. The molecule has 6 nitrogen and oxygen atoms in total. The first-order valence-corrected chi connectivity index (χ1v) is 10.7. The molecule has 1 aliphatic heterocycles. The molecule has 2 aromatic carbocycles. The van der Waals surface area contributed by atoms with Crippen LogP contribution >= 0.6 is 39.7 Å². The molecule has 0 bridgehead atoms. The highest BCUT2D eigenvalue weighted by molar-refractivity contribution is 9.10. The lowest BCUT2D eigenvalue weighted by atomic mass is 10.1. The van der Waals surface area contributed by atoms with Crippen molar-refractivity contribution in [2.24, 2.45) is 0 Å². The highest BCUT2D eigenvalue weighted by Crippen LogP contribution is 2.37. The van der Waals surface area contributed by atoms with Gasteiger partial charge in [0.15, 0.2) is 16.6 Å². The van der Waals surface area contributed by atoms with Crippen LogP contribution in [0.15, 0.2) is 59.1 Å². The molecule has 1 heterocycles. The van der Waals surface area contributed by atoms with Crippen LogP contribution in [0.2, 0.25) is 5.02 Å². The van der Waals surface area contributed by atoms with E-state index in [2.05, 4.69) is 27.8 Å². The Morgan fingerprint density at radius 2 is 1.97 bits per heavy atom. The summed E-state index contributed by atoms with van der Waals surface area (Å²) < 4.78 is 12.2. The van der Waals surface area contributed by atoms with E-state index in [1.807, 2.05) is 24.3 Å². The SMILES string of the molecule is C=CCN1C(=O)/C(=C/c2cc(Cl)c(OCc3ccc(Br)cc3)c(OC)c2)C(=O)NC1=S. The van der Waals surface area contributed by atoms with Gasteiger partial charge in [-0.05, 0) is 53.7 Å². The van der Waals surface area contributed by atoms with Gasteiger partial charge < -0.3 is 9.47 Å². The van der Waals surface area contributed by atoms with E-state index in [0.717, 1.165) is 10.0 Å². The molecule has 0 unspecified atom stereocenters. The fourth-order valence-electron chi connectivity index (χ4n) is 2.85. The average Bonchev–Trinajstić information content (AvgIpc) is 2.74. The van der Waals surface area contributed by atoms with Gasteiger partial charge in [-0.3, -0.25) is 19.8 Å². The van der Waals surface area contributed by atoms with Gasteiger partial charge in [0.25, 0.3) is 11.8 Å². The van der Waals surface area contributed by atoms with Gasteiger partial charge in [-0.2, -0.15) is 0 Å². The number of carbonyl (C=O) groups is 2. The van der Waals surface area contributed by atoms with Crippen molar-refractivity contribution < 1.29 is 19.1 Å². The van der Waals surface area contributed by atoms with Crippen LogP contribution < -0.4 is 14.8 Å². The van der Waals surface area contributed by atoms with Crippen molar-refractivity contribution in [1.29, 1.82) is 0 Å².